The molecule has 0 radical (unpaired) electrons. The molecule has 3 rings (SSSR count). The average molecular weight is 334 g/mol. The van der Waals surface area contributed by atoms with E-state index in [0.29, 0.717) is 12.1 Å². The maximum Gasteiger partial charge on any atom is 0.238 e. The molecule has 5 nitrogen and oxygen atoms in total. The monoisotopic (exact) mass is 334 g/mol. The number of fused-ring (bicyclic) bond motifs is 1. The molecular weight excluding hydrogens is 320 g/mol. The molecule has 2 aromatic carbocycles. The van der Waals surface area contributed by atoms with Gasteiger partial charge in [-0.3, -0.25) is 4.79 Å². The molecule has 0 saturated heterocycles. The van der Waals surface area contributed by atoms with Gasteiger partial charge < -0.3 is 5.32 Å². The Balaban J connectivity index is 1.74. The molecule has 1 aliphatic rings. The third-order valence-corrected chi connectivity index (χ3v) is 5.60. The van der Waals surface area contributed by atoms with Crippen LogP contribution in [-0.2, 0) is 21.2 Å². The maximum atomic E-state index is 12.3. The maximum absolute atomic E-state index is 12.3. The second kappa shape index (κ2) is 5.75. The molecule has 1 unspecified atom stereocenters. The van der Waals surface area contributed by atoms with E-state index in [-0.39, 0.29) is 16.1 Å². The SMILES string of the molecule is NS(=O)(=O)c1cccc(NC(=O)C2Cc3ccccc3S2)c1. The van der Waals surface area contributed by atoms with Gasteiger partial charge >= 0.3 is 0 Å². The summed E-state index contributed by atoms with van der Waals surface area (Å²) in [6.07, 6.45) is 0.668. The number of benzene rings is 2. The highest BCUT2D eigenvalue weighted by atomic mass is 32.2. The number of amides is 1. The van der Waals surface area contributed by atoms with Gasteiger partial charge in [0.05, 0.1) is 10.1 Å². The van der Waals surface area contributed by atoms with Gasteiger partial charge in [0, 0.05) is 10.6 Å². The fraction of sp³-hybridized carbons (Fsp3) is 0.133. The molecule has 7 heteroatoms. The van der Waals surface area contributed by atoms with Crippen molar-refractivity contribution in [2.24, 2.45) is 5.14 Å². The van der Waals surface area contributed by atoms with Crippen LogP contribution in [0.25, 0.3) is 0 Å². The largest absolute Gasteiger partial charge is 0.325 e. The third kappa shape index (κ3) is 3.16. The van der Waals surface area contributed by atoms with Crippen LogP contribution in [-0.4, -0.2) is 19.6 Å². The van der Waals surface area contributed by atoms with Crippen LogP contribution in [0.3, 0.4) is 0 Å². The van der Waals surface area contributed by atoms with E-state index in [1.807, 2.05) is 24.3 Å². The molecule has 2 aromatic rings. The number of primary sulfonamides is 1. The molecule has 1 aliphatic heterocycles. The van der Waals surface area contributed by atoms with Crippen LogP contribution in [0.15, 0.2) is 58.3 Å². The number of nitrogens with two attached hydrogens (primary N) is 1. The summed E-state index contributed by atoms with van der Waals surface area (Å²) in [7, 11) is -3.78. The molecule has 0 fully saturated rings. The lowest BCUT2D eigenvalue weighted by Crippen LogP contribution is -2.24. The highest BCUT2D eigenvalue weighted by Crippen LogP contribution is 2.37. The molecular formula is C15H14N2O3S2. The van der Waals surface area contributed by atoms with Gasteiger partial charge in [-0.1, -0.05) is 24.3 Å². The molecule has 22 heavy (non-hydrogen) atoms. The van der Waals surface area contributed by atoms with Gasteiger partial charge in [0.2, 0.25) is 15.9 Å². The summed E-state index contributed by atoms with van der Waals surface area (Å²) < 4.78 is 22.7. The molecule has 1 heterocycles. The second-order valence-corrected chi connectivity index (χ2v) is 7.79. The summed E-state index contributed by atoms with van der Waals surface area (Å²) in [4.78, 5) is 13.4. The number of hydrogen-bond acceptors (Lipinski definition) is 4. The minimum atomic E-state index is -3.78. The number of hydrogen-bond donors (Lipinski definition) is 2. The van der Waals surface area contributed by atoms with E-state index in [2.05, 4.69) is 5.32 Å². The Morgan fingerprint density at radius 3 is 2.68 bits per heavy atom. The first-order valence-corrected chi connectivity index (χ1v) is 9.04. The summed E-state index contributed by atoms with van der Waals surface area (Å²) >= 11 is 1.52. The van der Waals surface area contributed by atoms with E-state index in [4.69, 9.17) is 5.14 Å². The highest BCUT2D eigenvalue weighted by Gasteiger charge is 2.28. The number of thioether (sulfide) groups is 1. The first-order chi connectivity index (χ1) is 10.4. The number of sulfonamides is 1. The molecule has 1 atom stereocenters. The zero-order valence-electron chi connectivity index (χ0n) is 11.5. The van der Waals surface area contributed by atoms with Crippen LogP contribution in [0.5, 0.6) is 0 Å². The van der Waals surface area contributed by atoms with E-state index in [1.54, 1.807) is 12.1 Å². The van der Waals surface area contributed by atoms with E-state index in [1.165, 1.54) is 23.9 Å². The van der Waals surface area contributed by atoms with E-state index >= 15 is 0 Å². The zero-order chi connectivity index (χ0) is 15.7. The molecule has 0 spiro atoms. The van der Waals surface area contributed by atoms with Crippen molar-refractivity contribution in [2.45, 2.75) is 21.5 Å². The summed E-state index contributed by atoms with van der Waals surface area (Å²) in [5.74, 6) is -0.146. The van der Waals surface area contributed by atoms with E-state index < -0.39 is 10.0 Å². The van der Waals surface area contributed by atoms with Crippen molar-refractivity contribution in [3.8, 4) is 0 Å². The molecule has 1 amide bonds. The molecule has 114 valence electrons. The van der Waals surface area contributed by atoms with Gasteiger partial charge in [-0.25, -0.2) is 13.6 Å². The quantitative estimate of drug-likeness (QED) is 0.898. The van der Waals surface area contributed by atoms with Crippen molar-refractivity contribution in [1.29, 1.82) is 0 Å². The lowest BCUT2D eigenvalue weighted by Gasteiger charge is -2.10. The van der Waals surface area contributed by atoms with E-state index in [9.17, 15) is 13.2 Å². The summed E-state index contributed by atoms with van der Waals surface area (Å²) in [5.41, 5.74) is 1.58. The topological polar surface area (TPSA) is 89.3 Å². The lowest BCUT2D eigenvalue weighted by atomic mass is 10.1. The van der Waals surface area contributed by atoms with Crippen LogP contribution >= 0.6 is 11.8 Å². The van der Waals surface area contributed by atoms with Gasteiger partial charge in [0.1, 0.15) is 0 Å². The predicted octanol–water partition coefficient (Wildman–Crippen LogP) is 1.99. The van der Waals surface area contributed by atoms with Gasteiger partial charge in [-0.15, -0.1) is 11.8 Å². The van der Waals surface area contributed by atoms with Crippen molar-refractivity contribution in [3.63, 3.8) is 0 Å². The summed E-state index contributed by atoms with van der Waals surface area (Å²) in [6.45, 7) is 0. The van der Waals surface area contributed by atoms with Crippen molar-refractivity contribution in [1.82, 2.24) is 0 Å². The summed E-state index contributed by atoms with van der Waals surface area (Å²) in [5, 5.41) is 7.63. The third-order valence-electron chi connectivity index (χ3n) is 3.37. The number of carbonyl (C=O) groups excluding carboxylic acids is 1. The Kier molecular flexibility index (Phi) is 3.94. The van der Waals surface area contributed by atoms with Crippen LogP contribution < -0.4 is 10.5 Å². The van der Waals surface area contributed by atoms with Crippen LogP contribution in [0.1, 0.15) is 5.56 Å². The van der Waals surface area contributed by atoms with Crippen molar-refractivity contribution >= 4 is 33.4 Å². The van der Waals surface area contributed by atoms with Crippen molar-refractivity contribution in [3.05, 3.63) is 54.1 Å². The molecule has 0 aromatic heterocycles. The predicted molar refractivity (Wildman–Crippen MR) is 86.2 cm³/mol. The smallest absolute Gasteiger partial charge is 0.238 e. The fourth-order valence-corrected chi connectivity index (χ4v) is 4.06. The average Bonchev–Trinajstić information content (AvgIpc) is 2.90. The number of rotatable bonds is 3. The van der Waals surface area contributed by atoms with Crippen LogP contribution in [0, 0.1) is 0 Å². The number of carbonyl (C=O) groups is 1. The molecule has 0 bridgehead atoms. The molecule has 3 N–H and O–H groups in total. The highest BCUT2D eigenvalue weighted by molar-refractivity contribution is 8.01. The minimum Gasteiger partial charge on any atom is -0.325 e. The van der Waals surface area contributed by atoms with Gasteiger partial charge in [0.25, 0.3) is 0 Å². The Hall–Kier alpha value is -1.83. The molecule has 0 saturated carbocycles. The van der Waals surface area contributed by atoms with E-state index in [0.717, 1.165) is 10.5 Å². The van der Waals surface area contributed by atoms with Crippen LogP contribution in [0.2, 0.25) is 0 Å². The Labute approximate surface area is 133 Å². The standard InChI is InChI=1S/C15H14N2O3S2/c16-22(19,20)12-6-3-5-11(9-12)17-15(18)14-8-10-4-1-2-7-13(10)21-14/h1-7,9,14H,8H2,(H,17,18)(H2,16,19,20). The Morgan fingerprint density at radius 1 is 1.18 bits per heavy atom. The van der Waals surface area contributed by atoms with Gasteiger partial charge in [0.15, 0.2) is 0 Å². The number of anilines is 1. The zero-order valence-corrected chi connectivity index (χ0v) is 13.2. The van der Waals surface area contributed by atoms with Crippen molar-refractivity contribution in [2.75, 3.05) is 5.32 Å². The Bertz CT molecular complexity index is 809. The number of nitrogens with one attached hydrogen (secondary N) is 1. The van der Waals surface area contributed by atoms with Crippen molar-refractivity contribution < 1.29 is 13.2 Å². The van der Waals surface area contributed by atoms with Crippen LogP contribution in [0.4, 0.5) is 5.69 Å². The second-order valence-electron chi connectivity index (χ2n) is 4.98. The normalized spacial score (nSPS) is 17.0. The van der Waals surface area contributed by atoms with Gasteiger partial charge in [-0.2, -0.15) is 0 Å². The minimum absolute atomic E-state index is 0.0207. The lowest BCUT2D eigenvalue weighted by molar-refractivity contribution is -0.115. The summed E-state index contributed by atoms with van der Waals surface area (Å²) in [6, 6.07) is 13.8. The fourth-order valence-electron chi connectivity index (χ4n) is 2.30. The first-order valence-electron chi connectivity index (χ1n) is 6.62. The first kappa shape index (κ1) is 15.1. The van der Waals surface area contributed by atoms with Gasteiger partial charge in [-0.05, 0) is 36.2 Å². The molecule has 0 aliphatic carbocycles. The Morgan fingerprint density at radius 2 is 1.95 bits per heavy atom.